The van der Waals surface area contributed by atoms with Crippen molar-refractivity contribution in [3.05, 3.63) is 87.4 Å². The fraction of sp³-hybridized carbons (Fsp3) is 0.208. The van der Waals surface area contributed by atoms with Crippen LogP contribution in [0.1, 0.15) is 31.0 Å². The molecule has 0 unspecified atom stereocenters. The number of nitrogens with zero attached hydrogens (tertiary/aromatic N) is 2. The van der Waals surface area contributed by atoms with Crippen LogP contribution in [0.3, 0.4) is 0 Å². The molecule has 176 valence electrons. The highest BCUT2D eigenvalue weighted by atomic mass is 79.9. The monoisotopic (exact) mass is 606 g/mol. The summed E-state index contributed by atoms with van der Waals surface area (Å²) in [5, 5.41) is 10.2. The number of phenolic OH excluding ortho intramolecular Hbond substituents is 1. The molecular formula is C24H20Br2N2O5S. The highest BCUT2D eigenvalue weighted by molar-refractivity contribution is 9.10. The zero-order valence-corrected chi connectivity index (χ0v) is 22.5. The smallest absolute Gasteiger partial charge is 0.338 e. The van der Waals surface area contributed by atoms with Gasteiger partial charge in [-0.3, -0.25) is 9.36 Å². The zero-order chi connectivity index (χ0) is 24.6. The van der Waals surface area contributed by atoms with E-state index in [1.165, 1.54) is 15.9 Å². The van der Waals surface area contributed by atoms with Gasteiger partial charge in [0.1, 0.15) is 11.5 Å². The van der Waals surface area contributed by atoms with Crippen molar-refractivity contribution in [3.8, 4) is 11.5 Å². The van der Waals surface area contributed by atoms with Crippen molar-refractivity contribution in [1.82, 2.24) is 4.57 Å². The average Bonchev–Trinajstić information content (AvgIpc) is 3.09. The van der Waals surface area contributed by atoms with Crippen molar-refractivity contribution in [2.75, 3.05) is 13.7 Å². The number of aromatic nitrogens is 1. The first-order valence-electron chi connectivity index (χ1n) is 10.3. The lowest BCUT2D eigenvalue weighted by Gasteiger charge is -2.25. The number of halogens is 2. The van der Waals surface area contributed by atoms with E-state index in [4.69, 9.17) is 9.47 Å². The Kier molecular flexibility index (Phi) is 7.11. The number of phenols is 1. The molecule has 2 aromatic carbocycles. The van der Waals surface area contributed by atoms with Crippen molar-refractivity contribution in [1.29, 1.82) is 0 Å². The number of benzene rings is 2. The molecule has 1 aliphatic rings. The molecule has 0 saturated heterocycles. The van der Waals surface area contributed by atoms with Crippen LogP contribution < -0.4 is 19.6 Å². The lowest BCUT2D eigenvalue weighted by atomic mass is 9.96. The van der Waals surface area contributed by atoms with Crippen LogP contribution in [0.2, 0.25) is 0 Å². The molecule has 0 radical (unpaired) electrons. The summed E-state index contributed by atoms with van der Waals surface area (Å²) in [6, 6.07) is 9.64. The van der Waals surface area contributed by atoms with E-state index >= 15 is 0 Å². The first-order valence-corrected chi connectivity index (χ1v) is 12.7. The molecule has 4 rings (SSSR count). The standard InChI is InChI=1S/C24H20Br2N2O5S/c1-4-33-23(31)20-12(2)27-24-28(21(20)13-5-8-18(32-3)16(26)10-13)22(30)19(34-24)11-14-9-15(25)6-7-17(14)29/h5-11,21,29H,4H2,1-3H3/b19-11+/t21-/m0/s1. The minimum Gasteiger partial charge on any atom is -0.507 e. The van der Waals surface area contributed by atoms with Gasteiger partial charge in [0.25, 0.3) is 5.56 Å². The molecule has 0 spiro atoms. The summed E-state index contributed by atoms with van der Waals surface area (Å²) in [5.74, 6) is 0.146. The van der Waals surface area contributed by atoms with E-state index in [1.54, 1.807) is 51.3 Å². The van der Waals surface area contributed by atoms with Crippen molar-refractivity contribution in [3.63, 3.8) is 0 Å². The molecule has 0 bridgehead atoms. The molecule has 0 aliphatic carbocycles. The summed E-state index contributed by atoms with van der Waals surface area (Å²) in [6.45, 7) is 3.66. The van der Waals surface area contributed by atoms with Crippen LogP contribution in [0, 0.1) is 0 Å². The van der Waals surface area contributed by atoms with Gasteiger partial charge in [-0.05, 0) is 71.7 Å². The number of carbonyl (C=O) groups is 1. The van der Waals surface area contributed by atoms with Gasteiger partial charge in [-0.25, -0.2) is 9.79 Å². The second kappa shape index (κ2) is 9.89. The Bertz CT molecular complexity index is 1510. The molecule has 34 heavy (non-hydrogen) atoms. The lowest BCUT2D eigenvalue weighted by Crippen LogP contribution is -2.40. The average molecular weight is 608 g/mol. The molecule has 2 heterocycles. The lowest BCUT2D eigenvalue weighted by molar-refractivity contribution is -0.139. The van der Waals surface area contributed by atoms with Gasteiger partial charge in [-0.15, -0.1) is 0 Å². The predicted octanol–water partition coefficient (Wildman–Crippen LogP) is 4.04. The number of methoxy groups -OCH3 is 1. The molecule has 1 aromatic heterocycles. The van der Waals surface area contributed by atoms with Gasteiger partial charge in [-0.2, -0.15) is 0 Å². The molecule has 0 saturated carbocycles. The molecule has 1 aliphatic heterocycles. The van der Waals surface area contributed by atoms with Gasteiger partial charge >= 0.3 is 5.97 Å². The molecule has 10 heteroatoms. The molecular weight excluding hydrogens is 588 g/mol. The number of allylic oxidation sites excluding steroid dienone is 1. The van der Waals surface area contributed by atoms with Crippen LogP contribution in [-0.2, 0) is 9.53 Å². The number of aromatic hydroxyl groups is 1. The van der Waals surface area contributed by atoms with Crippen LogP contribution in [0.15, 0.2) is 66.4 Å². The van der Waals surface area contributed by atoms with Crippen molar-refractivity contribution >= 4 is 55.2 Å². The maximum absolute atomic E-state index is 13.6. The molecule has 1 N–H and O–H groups in total. The third kappa shape index (κ3) is 4.49. The Hall–Kier alpha value is -2.69. The number of esters is 1. The molecule has 0 amide bonds. The second-order valence-electron chi connectivity index (χ2n) is 7.40. The largest absolute Gasteiger partial charge is 0.507 e. The Labute approximate surface area is 215 Å². The van der Waals surface area contributed by atoms with E-state index < -0.39 is 12.0 Å². The third-order valence-electron chi connectivity index (χ3n) is 5.28. The Balaban J connectivity index is 1.98. The quantitative estimate of drug-likeness (QED) is 0.442. The first-order chi connectivity index (χ1) is 16.2. The summed E-state index contributed by atoms with van der Waals surface area (Å²) in [4.78, 5) is 31.6. The number of rotatable bonds is 5. The minimum atomic E-state index is -0.740. The Morgan fingerprint density at radius 3 is 2.71 bits per heavy atom. The van der Waals surface area contributed by atoms with E-state index in [0.717, 1.165) is 4.47 Å². The van der Waals surface area contributed by atoms with Gasteiger partial charge in [0.2, 0.25) is 0 Å². The molecule has 3 aromatic rings. The van der Waals surface area contributed by atoms with E-state index in [1.807, 2.05) is 12.1 Å². The van der Waals surface area contributed by atoms with Crippen LogP contribution in [0.25, 0.3) is 6.08 Å². The number of fused-ring (bicyclic) bond motifs is 1. The molecule has 0 fully saturated rings. The van der Waals surface area contributed by atoms with Crippen molar-refractivity contribution in [2.45, 2.75) is 19.9 Å². The number of ether oxygens (including phenoxy) is 2. The summed E-state index contributed by atoms with van der Waals surface area (Å²) in [6.07, 6.45) is 1.62. The Morgan fingerprint density at radius 1 is 1.26 bits per heavy atom. The van der Waals surface area contributed by atoms with E-state index in [0.29, 0.717) is 42.0 Å². The van der Waals surface area contributed by atoms with Gasteiger partial charge in [0, 0.05) is 10.0 Å². The fourth-order valence-electron chi connectivity index (χ4n) is 3.74. The van der Waals surface area contributed by atoms with Crippen molar-refractivity contribution < 1.29 is 19.4 Å². The highest BCUT2D eigenvalue weighted by Crippen LogP contribution is 2.35. The van der Waals surface area contributed by atoms with Crippen LogP contribution >= 0.6 is 43.2 Å². The molecule has 7 nitrogen and oxygen atoms in total. The third-order valence-corrected chi connectivity index (χ3v) is 7.38. The van der Waals surface area contributed by atoms with Crippen LogP contribution in [0.5, 0.6) is 11.5 Å². The topological polar surface area (TPSA) is 90.1 Å². The van der Waals surface area contributed by atoms with Gasteiger partial charge in [0.15, 0.2) is 4.80 Å². The van der Waals surface area contributed by atoms with Crippen molar-refractivity contribution in [2.24, 2.45) is 4.99 Å². The maximum Gasteiger partial charge on any atom is 0.338 e. The summed E-state index contributed by atoms with van der Waals surface area (Å²) in [7, 11) is 1.56. The maximum atomic E-state index is 13.6. The Morgan fingerprint density at radius 2 is 2.03 bits per heavy atom. The van der Waals surface area contributed by atoms with E-state index in [-0.39, 0.29) is 17.9 Å². The van der Waals surface area contributed by atoms with Gasteiger partial charge in [0.05, 0.1) is 40.0 Å². The number of hydrogen-bond donors (Lipinski definition) is 1. The predicted molar refractivity (Wildman–Crippen MR) is 137 cm³/mol. The number of thiazole rings is 1. The van der Waals surface area contributed by atoms with Gasteiger partial charge in [-0.1, -0.05) is 33.3 Å². The number of hydrogen-bond acceptors (Lipinski definition) is 7. The zero-order valence-electron chi connectivity index (χ0n) is 18.5. The molecule has 1 atom stereocenters. The summed E-state index contributed by atoms with van der Waals surface area (Å²) < 4.78 is 14.0. The summed E-state index contributed by atoms with van der Waals surface area (Å²) >= 11 is 8.08. The second-order valence-corrected chi connectivity index (χ2v) is 10.2. The summed E-state index contributed by atoms with van der Waals surface area (Å²) in [5.41, 5.74) is 1.64. The fourth-order valence-corrected chi connectivity index (χ4v) is 5.72. The highest BCUT2D eigenvalue weighted by Gasteiger charge is 2.33. The van der Waals surface area contributed by atoms with E-state index in [9.17, 15) is 14.7 Å². The first kappa shape index (κ1) is 24.4. The van der Waals surface area contributed by atoms with Gasteiger partial charge < -0.3 is 14.6 Å². The van der Waals surface area contributed by atoms with E-state index in [2.05, 4.69) is 36.9 Å². The number of carbonyl (C=O) groups excluding carboxylic acids is 1. The minimum absolute atomic E-state index is 0.0491. The van der Waals surface area contributed by atoms with Crippen LogP contribution in [0.4, 0.5) is 0 Å². The van der Waals surface area contributed by atoms with Crippen LogP contribution in [-0.4, -0.2) is 29.4 Å². The SMILES string of the molecule is CCOC(=O)C1=C(C)N=c2s/c(=C/c3cc(Br)ccc3O)c(=O)n2[C@H]1c1ccc(OC)c(Br)c1. The normalized spacial score (nSPS) is 15.7.